The van der Waals surface area contributed by atoms with Crippen LogP contribution in [0, 0.1) is 5.82 Å². The summed E-state index contributed by atoms with van der Waals surface area (Å²) in [6.07, 6.45) is 0. The lowest BCUT2D eigenvalue weighted by atomic mass is 10.3. The molecule has 0 saturated heterocycles. The lowest BCUT2D eigenvalue weighted by molar-refractivity contribution is -0.112. The van der Waals surface area contributed by atoms with Gasteiger partial charge in [-0.25, -0.2) is 4.39 Å². The van der Waals surface area contributed by atoms with Crippen LogP contribution >= 0.6 is 11.8 Å². The molecule has 1 aliphatic rings. The van der Waals surface area contributed by atoms with Crippen LogP contribution in [0.15, 0.2) is 34.9 Å². The van der Waals surface area contributed by atoms with E-state index < -0.39 is 0 Å². The maximum Gasteiger partial charge on any atom is 0.265 e. The molecular formula is C12H12FNO2S. The molecule has 0 aliphatic carbocycles. The number of thioether (sulfide) groups is 1. The van der Waals surface area contributed by atoms with Gasteiger partial charge in [0.25, 0.3) is 5.91 Å². The zero-order chi connectivity index (χ0) is 12.3. The molecule has 1 aliphatic heterocycles. The third-order valence-electron chi connectivity index (χ3n) is 2.28. The summed E-state index contributed by atoms with van der Waals surface area (Å²) in [7, 11) is 0. The Morgan fingerprint density at radius 1 is 1.41 bits per heavy atom. The summed E-state index contributed by atoms with van der Waals surface area (Å²) in [5, 5.41) is 2.70. The highest BCUT2D eigenvalue weighted by Gasteiger charge is 2.18. The van der Waals surface area contributed by atoms with Crippen LogP contribution in [0.3, 0.4) is 0 Å². The summed E-state index contributed by atoms with van der Waals surface area (Å²) in [5.74, 6) is 0.872. The fraction of sp³-hybridized carbons (Fsp3) is 0.250. The van der Waals surface area contributed by atoms with Crippen molar-refractivity contribution in [2.24, 2.45) is 0 Å². The van der Waals surface area contributed by atoms with Crippen molar-refractivity contribution in [1.82, 2.24) is 0 Å². The third kappa shape index (κ3) is 3.00. The van der Waals surface area contributed by atoms with Crippen molar-refractivity contribution in [3.8, 4) is 0 Å². The number of carbonyl (C=O) groups excluding carboxylic acids is 1. The smallest absolute Gasteiger partial charge is 0.265 e. The second-order valence-corrected chi connectivity index (χ2v) is 4.65. The monoisotopic (exact) mass is 253 g/mol. The Balaban J connectivity index is 2.09. The molecule has 0 unspecified atom stereocenters. The van der Waals surface area contributed by atoms with E-state index in [1.165, 1.54) is 36.0 Å². The first-order valence-corrected chi connectivity index (χ1v) is 6.19. The Kier molecular flexibility index (Phi) is 3.68. The van der Waals surface area contributed by atoms with E-state index in [2.05, 4.69) is 5.32 Å². The van der Waals surface area contributed by atoms with Gasteiger partial charge < -0.3 is 10.1 Å². The summed E-state index contributed by atoms with van der Waals surface area (Å²) in [6, 6.07) is 5.66. The van der Waals surface area contributed by atoms with Gasteiger partial charge in [0.2, 0.25) is 0 Å². The van der Waals surface area contributed by atoms with Gasteiger partial charge in [0.05, 0.1) is 6.61 Å². The lowest BCUT2D eigenvalue weighted by Crippen LogP contribution is -2.18. The van der Waals surface area contributed by atoms with E-state index >= 15 is 0 Å². The summed E-state index contributed by atoms with van der Waals surface area (Å²) in [4.78, 5) is 12.5. The molecule has 0 aromatic heterocycles. The van der Waals surface area contributed by atoms with E-state index in [4.69, 9.17) is 4.74 Å². The number of hydrogen-bond acceptors (Lipinski definition) is 3. The lowest BCUT2D eigenvalue weighted by Gasteiger charge is -2.17. The second kappa shape index (κ2) is 5.23. The fourth-order valence-corrected chi connectivity index (χ4v) is 2.27. The summed E-state index contributed by atoms with van der Waals surface area (Å²) < 4.78 is 18.0. The van der Waals surface area contributed by atoms with Crippen molar-refractivity contribution in [2.45, 2.75) is 6.92 Å². The molecule has 1 aromatic rings. The number of hydrogen-bond donors (Lipinski definition) is 1. The molecule has 0 spiro atoms. The topological polar surface area (TPSA) is 38.3 Å². The highest BCUT2D eigenvalue weighted by Crippen LogP contribution is 2.26. The van der Waals surface area contributed by atoms with Crippen molar-refractivity contribution >= 4 is 23.4 Å². The first kappa shape index (κ1) is 12.0. The minimum atomic E-state index is -0.325. The molecule has 90 valence electrons. The molecule has 1 heterocycles. The Hall–Kier alpha value is -1.49. The van der Waals surface area contributed by atoms with E-state index in [0.29, 0.717) is 23.0 Å². The van der Waals surface area contributed by atoms with Crippen LogP contribution < -0.4 is 5.32 Å². The SMILES string of the molecule is CC1=C(C(=O)Nc2ccc(F)cc2)SCCO1. The van der Waals surface area contributed by atoms with Gasteiger partial charge in [-0.05, 0) is 31.2 Å². The van der Waals surface area contributed by atoms with Gasteiger partial charge in [0, 0.05) is 11.4 Å². The number of carbonyl (C=O) groups is 1. The first-order chi connectivity index (χ1) is 8.16. The van der Waals surface area contributed by atoms with Crippen LogP contribution in [0.2, 0.25) is 0 Å². The van der Waals surface area contributed by atoms with Gasteiger partial charge in [-0.1, -0.05) is 0 Å². The minimum Gasteiger partial charge on any atom is -0.496 e. The predicted octanol–water partition coefficient (Wildman–Crippen LogP) is 2.76. The van der Waals surface area contributed by atoms with Crippen LogP contribution in [-0.4, -0.2) is 18.3 Å². The summed E-state index contributed by atoms with van der Waals surface area (Å²) in [5.41, 5.74) is 0.572. The standard InChI is InChI=1S/C12H12FNO2S/c1-8-11(17-7-6-16-8)12(15)14-10-4-2-9(13)3-5-10/h2-5H,6-7H2,1H3,(H,14,15). The van der Waals surface area contributed by atoms with E-state index in [-0.39, 0.29) is 11.7 Å². The van der Waals surface area contributed by atoms with Gasteiger partial charge in [-0.2, -0.15) is 0 Å². The molecule has 0 bridgehead atoms. The average molecular weight is 253 g/mol. The van der Waals surface area contributed by atoms with E-state index in [1.807, 2.05) is 0 Å². The number of nitrogens with one attached hydrogen (secondary N) is 1. The molecule has 2 rings (SSSR count). The normalized spacial score (nSPS) is 15.4. The van der Waals surface area contributed by atoms with Crippen molar-refractivity contribution < 1.29 is 13.9 Å². The van der Waals surface area contributed by atoms with Crippen molar-refractivity contribution in [2.75, 3.05) is 17.7 Å². The molecule has 0 atom stereocenters. The number of amides is 1. The molecule has 0 saturated carbocycles. The van der Waals surface area contributed by atoms with Crippen molar-refractivity contribution in [1.29, 1.82) is 0 Å². The van der Waals surface area contributed by atoms with E-state index in [1.54, 1.807) is 6.92 Å². The van der Waals surface area contributed by atoms with Gasteiger partial charge >= 0.3 is 0 Å². The molecule has 5 heteroatoms. The number of allylic oxidation sites excluding steroid dienone is 1. The zero-order valence-electron chi connectivity index (χ0n) is 9.33. The maximum atomic E-state index is 12.7. The van der Waals surface area contributed by atoms with Crippen LogP contribution in [0.1, 0.15) is 6.92 Å². The summed E-state index contributed by atoms with van der Waals surface area (Å²) in [6.45, 7) is 2.40. The molecule has 0 radical (unpaired) electrons. The van der Waals surface area contributed by atoms with Crippen molar-refractivity contribution in [3.63, 3.8) is 0 Å². The average Bonchev–Trinajstić information content (AvgIpc) is 2.32. The maximum absolute atomic E-state index is 12.7. The van der Waals surface area contributed by atoms with E-state index in [0.717, 1.165) is 5.75 Å². The van der Waals surface area contributed by atoms with Gasteiger partial charge in [0.1, 0.15) is 16.5 Å². The van der Waals surface area contributed by atoms with Gasteiger partial charge in [-0.3, -0.25) is 4.79 Å². The molecule has 17 heavy (non-hydrogen) atoms. The first-order valence-electron chi connectivity index (χ1n) is 5.20. The predicted molar refractivity (Wildman–Crippen MR) is 66.1 cm³/mol. The van der Waals surface area contributed by atoms with Crippen LogP contribution in [0.5, 0.6) is 0 Å². The Bertz CT molecular complexity index is 456. The zero-order valence-corrected chi connectivity index (χ0v) is 10.1. The number of rotatable bonds is 2. The number of anilines is 1. The minimum absolute atomic E-state index is 0.209. The van der Waals surface area contributed by atoms with Crippen LogP contribution in [0.25, 0.3) is 0 Å². The summed E-state index contributed by atoms with van der Waals surface area (Å²) >= 11 is 1.47. The van der Waals surface area contributed by atoms with E-state index in [9.17, 15) is 9.18 Å². The van der Waals surface area contributed by atoms with Crippen molar-refractivity contribution in [3.05, 3.63) is 40.7 Å². The third-order valence-corrected chi connectivity index (χ3v) is 3.41. The van der Waals surface area contributed by atoms with Crippen LogP contribution in [0.4, 0.5) is 10.1 Å². The Morgan fingerprint density at radius 2 is 2.12 bits per heavy atom. The molecule has 1 N–H and O–H groups in total. The number of halogens is 1. The van der Waals surface area contributed by atoms with Gasteiger partial charge in [0.15, 0.2) is 0 Å². The quantitative estimate of drug-likeness (QED) is 0.880. The van der Waals surface area contributed by atoms with Crippen LogP contribution in [-0.2, 0) is 9.53 Å². The largest absolute Gasteiger partial charge is 0.496 e. The highest BCUT2D eigenvalue weighted by atomic mass is 32.2. The Morgan fingerprint density at radius 3 is 2.76 bits per heavy atom. The highest BCUT2D eigenvalue weighted by molar-refractivity contribution is 8.04. The fourth-order valence-electron chi connectivity index (χ4n) is 1.45. The molecule has 0 fully saturated rings. The molecule has 3 nitrogen and oxygen atoms in total. The van der Waals surface area contributed by atoms with Gasteiger partial charge in [-0.15, -0.1) is 11.8 Å². The molecule has 1 amide bonds. The Labute approximate surface area is 103 Å². The molecular weight excluding hydrogens is 241 g/mol. The second-order valence-electron chi connectivity index (χ2n) is 3.54. The number of benzene rings is 1. The molecule has 1 aromatic carbocycles. The number of ether oxygens (including phenoxy) is 1.